The number of likely N-dealkylation sites (N-methyl/N-ethyl adjacent to an activating group) is 1. The van der Waals surface area contributed by atoms with Crippen molar-refractivity contribution in [1.29, 1.82) is 0 Å². The summed E-state index contributed by atoms with van der Waals surface area (Å²) >= 11 is 0. The van der Waals surface area contributed by atoms with Gasteiger partial charge in [-0.2, -0.15) is 12.7 Å². The van der Waals surface area contributed by atoms with Crippen LogP contribution in [0.15, 0.2) is 24.3 Å². The van der Waals surface area contributed by atoms with Crippen LogP contribution in [0.5, 0.6) is 0 Å². The predicted octanol–water partition coefficient (Wildman–Crippen LogP) is 0.221. The van der Waals surface area contributed by atoms with Crippen LogP contribution in [0.2, 0.25) is 0 Å². The Morgan fingerprint density at radius 3 is 2.05 bits per heavy atom. The van der Waals surface area contributed by atoms with E-state index in [0.717, 1.165) is 10.8 Å². The maximum absolute atomic E-state index is 12.0. The number of rotatable bonds is 7. The predicted molar refractivity (Wildman–Crippen MR) is 88.3 cm³/mol. The van der Waals surface area contributed by atoms with Crippen LogP contribution in [0.25, 0.3) is 0 Å². The fraction of sp³-hybridized carbons (Fsp3) is 0.500. The average Bonchev–Trinajstić information content (AvgIpc) is 2.45. The van der Waals surface area contributed by atoms with Gasteiger partial charge in [-0.25, -0.2) is 0 Å². The van der Waals surface area contributed by atoms with Gasteiger partial charge in [-0.15, -0.1) is 0 Å². The number of nitrogens with one attached hydrogen (secondary N) is 1. The quantitative estimate of drug-likeness (QED) is 0.777. The van der Waals surface area contributed by atoms with Gasteiger partial charge in [0.1, 0.15) is 0 Å². The smallest absolute Gasteiger partial charge is 0.303 e. The highest BCUT2D eigenvalue weighted by Crippen LogP contribution is 2.18. The SMILES string of the molecule is CN(C)CCNC(=O)c1ccc(N(C)S(=O)(=O)N(C)C)cc1. The number of amides is 1. The van der Waals surface area contributed by atoms with Crippen molar-refractivity contribution in [1.82, 2.24) is 14.5 Å². The molecule has 1 rings (SSSR count). The first-order chi connectivity index (χ1) is 10.2. The average molecular weight is 328 g/mol. The molecule has 0 fully saturated rings. The lowest BCUT2D eigenvalue weighted by molar-refractivity contribution is 0.0951. The molecule has 22 heavy (non-hydrogen) atoms. The number of benzene rings is 1. The van der Waals surface area contributed by atoms with Crippen molar-refractivity contribution in [2.45, 2.75) is 0 Å². The largest absolute Gasteiger partial charge is 0.351 e. The van der Waals surface area contributed by atoms with Gasteiger partial charge < -0.3 is 10.2 Å². The van der Waals surface area contributed by atoms with Gasteiger partial charge in [-0.1, -0.05) is 0 Å². The molecule has 0 atom stereocenters. The van der Waals surface area contributed by atoms with Crippen LogP contribution in [0, 0.1) is 0 Å². The second-order valence-electron chi connectivity index (χ2n) is 5.36. The highest BCUT2D eigenvalue weighted by atomic mass is 32.2. The van der Waals surface area contributed by atoms with Crippen LogP contribution in [0.4, 0.5) is 5.69 Å². The van der Waals surface area contributed by atoms with E-state index >= 15 is 0 Å². The van der Waals surface area contributed by atoms with Crippen LogP contribution in [-0.4, -0.2) is 71.9 Å². The summed E-state index contributed by atoms with van der Waals surface area (Å²) < 4.78 is 26.3. The van der Waals surface area contributed by atoms with Crippen LogP contribution in [0.3, 0.4) is 0 Å². The third kappa shape index (κ3) is 4.69. The lowest BCUT2D eigenvalue weighted by Crippen LogP contribution is -2.37. The first-order valence-corrected chi connectivity index (χ1v) is 8.25. The fourth-order valence-electron chi connectivity index (χ4n) is 1.70. The minimum absolute atomic E-state index is 0.175. The number of carbonyl (C=O) groups is 1. The van der Waals surface area contributed by atoms with Crippen molar-refractivity contribution < 1.29 is 13.2 Å². The summed E-state index contributed by atoms with van der Waals surface area (Å²) in [7, 11) is 4.75. The maximum atomic E-state index is 12.0. The number of nitrogens with zero attached hydrogens (tertiary/aromatic N) is 3. The molecule has 0 spiro atoms. The maximum Gasteiger partial charge on any atom is 0.303 e. The van der Waals surface area contributed by atoms with Gasteiger partial charge in [0.2, 0.25) is 0 Å². The monoisotopic (exact) mass is 328 g/mol. The van der Waals surface area contributed by atoms with Crippen molar-refractivity contribution >= 4 is 21.8 Å². The molecule has 124 valence electrons. The molecule has 1 aromatic carbocycles. The van der Waals surface area contributed by atoms with Crippen LogP contribution >= 0.6 is 0 Å². The summed E-state index contributed by atoms with van der Waals surface area (Å²) in [5.74, 6) is -0.175. The Bertz CT molecular complexity index is 597. The standard InChI is InChI=1S/C14H24N4O3S/c1-16(2)11-10-15-14(19)12-6-8-13(9-7-12)18(5)22(20,21)17(3)4/h6-9H,10-11H2,1-5H3,(H,15,19). The van der Waals surface area contributed by atoms with E-state index in [-0.39, 0.29) is 5.91 Å². The van der Waals surface area contributed by atoms with Gasteiger partial charge in [0, 0.05) is 39.8 Å². The summed E-state index contributed by atoms with van der Waals surface area (Å²) in [6, 6.07) is 6.45. The summed E-state index contributed by atoms with van der Waals surface area (Å²) in [6.45, 7) is 1.32. The van der Waals surface area contributed by atoms with Gasteiger partial charge in [0.25, 0.3) is 5.91 Å². The van der Waals surface area contributed by atoms with Crippen molar-refractivity contribution in [2.75, 3.05) is 52.6 Å². The molecule has 0 saturated heterocycles. The minimum atomic E-state index is -3.53. The molecule has 0 aliphatic rings. The fourth-order valence-corrected chi connectivity index (χ4v) is 2.57. The topological polar surface area (TPSA) is 73.0 Å². The van der Waals surface area contributed by atoms with E-state index in [1.54, 1.807) is 24.3 Å². The molecular formula is C14H24N4O3S. The second-order valence-corrected chi connectivity index (χ2v) is 7.54. The van der Waals surface area contributed by atoms with Gasteiger partial charge in [0.15, 0.2) is 0 Å². The first kappa shape index (κ1) is 18.4. The molecule has 0 bridgehead atoms. The van der Waals surface area contributed by atoms with E-state index in [4.69, 9.17) is 0 Å². The molecule has 8 heteroatoms. The molecular weight excluding hydrogens is 304 g/mol. The zero-order chi connectivity index (χ0) is 16.9. The highest BCUT2D eigenvalue weighted by Gasteiger charge is 2.20. The highest BCUT2D eigenvalue weighted by molar-refractivity contribution is 7.90. The van der Waals surface area contributed by atoms with Crippen molar-refractivity contribution in [3.63, 3.8) is 0 Å². The third-order valence-corrected chi connectivity index (χ3v) is 4.97. The Labute approximate surface area is 132 Å². The third-order valence-electron chi connectivity index (χ3n) is 3.15. The second kappa shape index (κ2) is 7.57. The van der Waals surface area contributed by atoms with Crippen molar-refractivity contribution in [3.05, 3.63) is 29.8 Å². The Kier molecular flexibility index (Phi) is 6.34. The Morgan fingerprint density at radius 1 is 1.05 bits per heavy atom. The Hall–Kier alpha value is -1.64. The number of hydrogen-bond acceptors (Lipinski definition) is 4. The molecule has 0 radical (unpaired) electrons. The van der Waals surface area contributed by atoms with Crippen LogP contribution < -0.4 is 9.62 Å². The summed E-state index contributed by atoms with van der Waals surface area (Å²) in [5.41, 5.74) is 0.997. The van der Waals surface area contributed by atoms with Crippen molar-refractivity contribution in [2.24, 2.45) is 0 Å². The van der Waals surface area contributed by atoms with E-state index in [9.17, 15) is 13.2 Å². The first-order valence-electron chi connectivity index (χ1n) is 6.85. The molecule has 0 unspecified atom stereocenters. The van der Waals surface area contributed by atoms with E-state index in [1.165, 1.54) is 25.4 Å². The van der Waals surface area contributed by atoms with Crippen LogP contribution in [0.1, 0.15) is 10.4 Å². The minimum Gasteiger partial charge on any atom is -0.351 e. The van der Waals surface area contributed by atoms with Crippen molar-refractivity contribution in [3.8, 4) is 0 Å². The lowest BCUT2D eigenvalue weighted by atomic mass is 10.2. The van der Waals surface area contributed by atoms with E-state index in [0.29, 0.717) is 17.8 Å². The molecule has 0 aliphatic carbocycles. The molecule has 1 amide bonds. The van der Waals surface area contributed by atoms with E-state index < -0.39 is 10.2 Å². The van der Waals surface area contributed by atoms with Gasteiger partial charge in [-0.05, 0) is 38.4 Å². The molecule has 1 N–H and O–H groups in total. The normalized spacial score (nSPS) is 11.8. The molecule has 0 aliphatic heterocycles. The van der Waals surface area contributed by atoms with Gasteiger partial charge in [0.05, 0.1) is 5.69 Å². The van der Waals surface area contributed by atoms with E-state index in [1.807, 2.05) is 19.0 Å². The van der Waals surface area contributed by atoms with E-state index in [2.05, 4.69) is 5.32 Å². The number of anilines is 1. The Morgan fingerprint density at radius 2 is 1.59 bits per heavy atom. The van der Waals surface area contributed by atoms with Crippen LogP contribution in [-0.2, 0) is 10.2 Å². The summed E-state index contributed by atoms with van der Waals surface area (Å²) in [4.78, 5) is 13.9. The molecule has 0 saturated carbocycles. The zero-order valence-corrected chi connectivity index (χ0v) is 14.5. The molecule has 7 nitrogen and oxygen atoms in total. The zero-order valence-electron chi connectivity index (χ0n) is 13.7. The molecule has 0 heterocycles. The molecule has 0 aromatic heterocycles. The number of hydrogen-bond donors (Lipinski definition) is 1. The number of carbonyl (C=O) groups excluding carboxylic acids is 1. The summed E-state index contributed by atoms with van der Waals surface area (Å²) in [5, 5.41) is 2.81. The molecule has 1 aromatic rings. The Balaban J connectivity index is 2.76. The van der Waals surface area contributed by atoms with Gasteiger partial charge in [-0.3, -0.25) is 9.10 Å². The summed E-state index contributed by atoms with van der Waals surface area (Å²) in [6.07, 6.45) is 0. The lowest BCUT2D eigenvalue weighted by Gasteiger charge is -2.23. The van der Waals surface area contributed by atoms with Gasteiger partial charge >= 0.3 is 10.2 Å².